The molecule has 0 aromatic heterocycles. The highest BCUT2D eigenvalue weighted by atomic mass is 35.5. The average Bonchev–Trinajstić information content (AvgIpc) is 1.94. The first-order chi connectivity index (χ1) is 5.82. The Morgan fingerprint density at radius 1 is 1.23 bits per heavy atom. The smallest absolute Gasteiger partial charge is 0.135 e. The third kappa shape index (κ3) is 2.25. The van der Waals surface area contributed by atoms with E-state index in [0.717, 1.165) is 12.1 Å². The molecule has 0 saturated heterocycles. The van der Waals surface area contributed by atoms with Crippen LogP contribution in [0.5, 0.6) is 5.75 Å². The van der Waals surface area contributed by atoms with Gasteiger partial charge in [0.05, 0.1) is 14.9 Å². The van der Waals surface area contributed by atoms with Gasteiger partial charge in [-0.2, -0.15) is 0 Å². The van der Waals surface area contributed by atoms with E-state index in [-0.39, 0.29) is 15.8 Å². The van der Waals surface area contributed by atoms with Crippen LogP contribution < -0.4 is 0 Å². The van der Waals surface area contributed by atoms with E-state index >= 15 is 0 Å². The van der Waals surface area contributed by atoms with E-state index in [0.29, 0.717) is 0 Å². The molecule has 0 unspecified atom stereocenters. The molecule has 0 atom stereocenters. The van der Waals surface area contributed by atoms with Gasteiger partial charge in [0.25, 0.3) is 0 Å². The molecule has 0 fully saturated rings. The highest BCUT2D eigenvalue weighted by molar-refractivity contribution is 7.85. The largest absolute Gasteiger partial charge is 0.744 e. The predicted molar refractivity (Wildman–Crippen MR) is 46.1 cm³/mol. The molecule has 72 valence electrons. The summed E-state index contributed by atoms with van der Waals surface area (Å²) in [4.78, 5) is -0.642. The van der Waals surface area contributed by atoms with Gasteiger partial charge in [-0.3, -0.25) is 0 Å². The third-order valence-corrected chi connectivity index (χ3v) is 2.87. The Labute approximate surface area is 84.5 Å². The van der Waals surface area contributed by atoms with Gasteiger partial charge >= 0.3 is 0 Å². The Balaban J connectivity index is 3.50. The van der Waals surface area contributed by atoms with E-state index in [1.807, 2.05) is 0 Å². The fraction of sp³-hybridized carbons (Fsp3) is 0. The molecule has 0 spiro atoms. The van der Waals surface area contributed by atoms with Crippen molar-refractivity contribution in [3.05, 3.63) is 22.2 Å². The molecule has 1 N–H and O–H groups in total. The maximum atomic E-state index is 10.5. The van der Waals surface area contributed by atoms with Gasteiger partial charge in [0.1, 0.15) is 15.9 Å². The molecule has 1 aromatic rings. The topological polar surface area (TPSA) is 77.4 Å². The second-order valence-electron chi connectivity index (χ2n) is 2.19. The van der Waals surface area contributed by atoms with Crippen molar-refractivity contribution in [3.8, 4) is 5.75 Å². The standard InChI is InChI=1S/C6H4Cl2O4S/c7-3-2-6(13(10,11)12)4(8)1-5(3)9/h1-2,9H,(H,10,11,12)/p-1. The highest BCUT2D eigenvalue weighted by Crippen LogP contribution is 2.32. The van der Waals surface area contributed by atoms with Crippen LogP contribution in [0, 0.1) is 0 Å². The highest BCUT2D eigenvalue weighted by Gasteiger charge is 2.11. The second kappa shape index (κ2) is 3.34. The van der Waals surface area contributed by atoms with Gasteiger partial charge in [-0.1, -0.05) is 23.2 Å². The van der Waals surface area contributed by atoms with Crippen LogP contribution in [0.2, 0.25) is 10.0 Å². The van der Waals surface area contributed by atoms with E-state index < -0.39 is 15.0 Å². The number of aromatic hydroxyl groups is 1. The van der Waals surface area contributed by atoms with Crippen molar-refractivity contribution in [1.82, 2.24) is 0 Å². The molecule has 0 amide bonds. The molecule has 1 aromatic carbocycles. The summed E-state index contributed by atoms with van der Waals surface area (Å²) < 4.78 is 31.6. The summed E-state index contributed by atoms with van der Waals surface area (Å²) in [5, 5.41) is 8.39. The van der Waals surface area contributed by atoms with Crippen molar-refractivity contribution >= 4 is 33.3 Å². The van der Waals surface area contributed by atoms with Crippen LogP contribution in [0.15, 0.2) is 17.0 Å². The van der Waals surface area contributed by atoms with Crippen LogP contribution >= 0.6 is 23.2 Å². The Morgan fingerprint density at radius 3 is 2.23 bits per heavy atom. The van der Waals surface area contributed by atoms with Crippen LogP contribution in [0.25, 0.3) is 0 Å². The number of benzene rings is 1. The van der Waals surface area contributed by atoms with Gasteiger partial charge < -0.3 is 9.66 Å². The van der Waals surface area contributed by atoms with E-state index in [2.05, 4.69) is 0 Å². The number of hydrogen-bond donors (Lipinski definition) is 1. The number of phenols is 1. The van der Waals surface area contributed by atoms with Crippen molar-refractivity contribution in [3.63, 3.8) is 0 Å². The fourth-order valence-corrected chi connectivity index (χ4v) is 1.94. The molecule has 0 saturated carbocycles. The maximum absolute atomic E-state index is 10.5. The molecule has 1 rings (SSSR count). The zero-order valence-corrected chi connectivity index (χ0v) is 8.32. The molecule has 0 aliphatic heterocycles. The summed E-state index contributed by atoms with van der Waals surface area (Å²) in [5.74, 6) is -0.376. The molecule has 0 bridgehead atoms. The summed E-state index contributed by atoms with van der Waals surface area (Å²) in [7, 11) is -4.65. The van der Waals surface area contributed by atoms with E-state index in [1.165, 1.54) is 0 Å². The number of phenolic OH excluding ortho intramolecular Hbond substituents is 1. The Bertz CT molecular complexity index is 440. The molecule has 0 radical (unpaired) electrons. The van der Waals surface area contributed by atoms with Crippen molar-refractivity contribution in [1.29, 1.82) is 0 Å². The Hall–Kier alpha value is -0.490. The maximum Gasteiger partial charge on any atom is 0.135 e. The van der Waals surface area contributed by atoms with Gasteiger partial charge in [0, 0.05) is 6.07 Å². The van der Waals surface area contributed by atoms with Crippen LogP contribution in [0.4, 0.5) is 0 Å². The van der Waals surface area contributed by atoms with E-state index in [4.69, 9.17) is 28.3 Å². The molecule has 4 nitrogen and oxygen atoms in total. The van der Waals surface area contributed by atoms with Gasteiger partial charge in [-0.05, 0) is 6.07 Å². The van der Waals surface area contributed by atoms with E-state index in [9.17, 15) is 13.0 Å². The predicted octanol–water partition coefficient (Wildman–Crippen LogP) is 1.60. The SMILES string of the molecule is O=S(=O)([O-])c1cc(Cl)c(O)cc1Cl. The number of rotatable bonds is 1. The first kappa shape index (κ1) is 10.6. The van der Waals surface area contributed by atoms with Gasteiger partial charge in [0.15, 0.2) is 0 Å². The minimum absolute atomic E-state index is 0.237. The molecule has 7 heteroatoms. The minimum atomic E-state index is -4.65. The average molecular weight is 242 g/mol. The number of hydrogen-bond acceptors (Lipinski definition) is 4. The lowest BCUT2D eigenvalue weighted by Gasteiger charge is -2.09. The molecule has 0 heterocycles. The molecule has 0 aliphatic rings. The Morgan fingerprint density at radius 2 is 1.77 bits per heavy atom. The lowest BCUT2D eigenvalue weighted by atomic mass is 10.3. The molecular formula is C6H3Cl2O4S-. The van der Waals surface area contributed by atoms with Crippen molar-refractivity contribution in [2.75, 3.05) is 0 Å². The molecule has 0 aliphatic carbocycles. The summed E-state index contributed by atoms with van der Waals surface area (Å²) >= 11 is 10.8. The summed E-state index contributed by atoms with van der Waals surface area (Å²) in [6.45, 7) is 0. The Kier molecular flexibility index (Phi) is 2.72. The summed E-state index contributed by atoms with van der Waals surface area (Å²) in [6.07, 6.45) is 0. The van der Waals surface area contributed by atoms with E-state index in [1.54, 1.807) is 0 Å². The number of halogens is 2. The van der Waals surface area contributed by atoms with Gasteiger partial charge in [-0.25, -0.2) is 8.42 Å². The first-order valence-corrected chi connectivity index (χ1v) is 5.12. The van der Waals surface area contributed by atoms with Crippen LogP contribution in [0.3, 0.4) is 0 Å². The molecular weight excluding hydrogens is 239 g/mol. The van der Waals surface area contributed by atoms with Crippen LogP contribution in [-0.4, -0.2) is 18.1 Å². The van der Waals surface area contributed by atoms with Crippen molar-refractivity contribution < 1.29 is 18.1 Å². The fourth-order valence-electron chi connectivity index (χ4n) is 0.710. The third-order valence-electron chi connectivity index (χ3n) is 1.27. The zero-order valence-electron chi connectivity index (χ0n) is 5.99. The summed E-state index contributed by atoms with van der Waals surface area (Å²) in [5.41, 5.74) is 0. The molecule has 13 heavy (non-hydrogen) atoms. The minimum Gasteiger partial charge on any atom is -0.744 e. The van der Waals surface area contributed by atoms with Crippen molar-refractivity contribution in [2.45, 2.75) is 4.90 Å². The van der Waals surface area contributed by atoms with Gasteiger partial charge in [0.2, 0.25) is 0 Å². The van der Waals surface area contributed by atoms with Crippen LogP contribution in [-0.2, 0) is 10.1 Å². The van der Waals surface area contributed by atoms with Crippen LogP contribution in [0.1, 0.15) is 0 Å². The lowest BCUT2D eigenvalue weighted by Crippen LogP contribution is -1.99. The lowest BCUT2D eigenvalue weighted by molar-refractivity contribution is 0.461. The quantitative estimate of drug-likeness (QED) is 0.758. The normalized spacial score (nSPS) is 11.6. The monoisotopic (exact) mass is 241 g/mol. The van der Waals surface area contributed by atoms with Crippen molar-refractivity contribution in [2.24, 2.45) is 0 Å². The summed E-state index contributed by atoms with van der Waals surface area (Å²) in [6, 6.07) is 1.70. The van der Waals surface area contributed by atoms with Gasteiger partial charge in [-0.15, -0.1) is 0 Å². The zero-order chi connectivity index (χ0) is 10.2. The second-order valence-corrected chi connectivity index (χ2v) is 4.35. The first-order valence-electron chi connectivity index (χ1n) is 2.96.